The molecule has 1 amide bonds. The summed E-state index contributed by atoms with van der Waals surface area (Å²) in [5, 5.41) is 0. The number of carbonyl (C=O) groups excluding carboxylic acids is 1. The smallest absolute Gasteiger partial charge is 0.255 e. The first-order chi connectivity index (χ1) is 8.02. The number of aryl methyl sites for hydroxylation is 1. The molecule has 1 saturated heterocycles. The second-order valence-electron chi connectivity index (χ2n) is 5.19. The zero-order chi connectivity index (χ0) is 12.6. The van der Waals surface area contributed by atoms with Crippen molar-refractivity contribution >= 4 is 5.91 Å². The molecule has 3 heteroatoms. The predicted molar refractivity (Wildman–Crippen MR) is 69.2 cm³/mol. The molecule has 0 unspecified atom stereocenters. The van der Waals surface area contributed by atoms with Gasteiger partial charge in [0.25, 0.3) is 5.91 Å². The number of amides is 1. The van der Waals surface area contributed by atoms with Gasteiger partial charge in [0, 0.05) is 31.0 Å². The van der Waals surface area contributed by atoms with Gasteiger partial charge in [-0.1, -0.05) is 0 Å². The molecule has 1 atom stereocenters. The topological polar surface area (TPSA) is 25.2 Å². The quantitative estimate of drug-likeness (QED) is 0.733. The van der Waals surface area contributed by atoms with Crippen LogP contribution in [0, 0.1) is 13.8 Å². The van der Waals surface area contributed by atoms with E-state index in [4.69, 9.17) is 0 Å². The van der Waals surface area contributed by atoms with E-state index in [1.54, 1.807) is 0 Å². The molecule has 1 aliphatic rings. The average molecular weight is 234 g/mol. The van der Waals surface area contributed by atoms with Crippen LogP contribution in [-0.4, -0.2) is 28.0 Å². The third-order valence-electron chi connectivity index (χ3n) is 4.07. The number of aromatic nitrogens is 1. The molecular weight excluding hydrogens is 212 g/mol. The number of nitrogens with zero attached hydrogens (tertiary/aromatic N) is 2. The SMILES string of the molecule is Cc1cc(C(=O)N2CCCC[C@H]2C)c(C)n1C. The van der Waals surface area contributed by atoms with Crippen molar-refractivity contribution in [2.45, 2.75) is 46.1 Å². The van der Waals surface area contributed by atoms with Gasteiger partial charge in [-0.3, -0.25) is 4.79 Å². The average Bonchev–Trinajstić information content (AvgIpc) is 2.57. The largest absolute Gasteiger partial charge is 0.351 e. The predicted octanol–water partition coefficient (Wildman–Crippen LogP) is 2.66. The Morgan fingerprint density at radius 1 is 1.35 bits per heavy atom. The monoisotopic (exact) mass is 234 g/mol. The normalized spacial score (nSPS) is 20.7. The van der Waals surface area contributed by atoms with Crippen LogP contribution in [0.5, 0.6) is 0 Å². The summed E-state index contributed by atoms with van der Waals surface area (Å²) >= 11 is 0. The first-order valence-electron chi connectivity index (χ1n) is 6.46. The molecule has 0 aliphatic carbocycles. The van der Waals surface area contributed by atoms with Crippen molar-refractivity contribution in [2.24, 2.45) is 7.05 Å². The van der Waals surface area contributed by atoms with Crippen LogP contribution >= 0.6 is 0 Å². The molecular formula is C14H22N2O. The standard InChI is InChI=1S/C14H22N2O/c1-10-7-5-6-8-16(10)14(17)13-9-11(2)15(4)12(13)3/h9-10H,5-8H2,1-4H3/t10-/m1/s1. The molecule has 17 heavy (non-hydrogen) atoms. The summed E-state index contributed by atoms with van der Waals surface area (Å²) in [6, 6.07) is 2.40. The molecule has 0 radical (unpaired) electrons. The Hall–Kier alpha value is -1.25. The molecule has 1 fully saturated rings. The molecule has 94 valence electrons. The molecule has 1 aromatic heterocycles. The molecule has 0 N–H and O–H groups in total. The molecule has 1 aromatic rings. The highest BCUT2D eigenvalue weighted by molar-refractivity contribution is 5.96. The molecule has 0 bridgehead atoms. The Morgan fingerprint density at radius 2 is 2.06 bits per heavy atom. The van der Waals surface area contributed by atoms with E-state index in [-0.39, 0.29) is 5.91 Å². The minimum atomic E-state index is 0.207. The van der Waals surface area contributed by atoms with Gasteiger partial charge in [0.05, 0.1) is 5.56 Å². The zero-order valence-electron chi connectivity index (χ0n) is 11.3. The first-order valence-corrected chi connectivity index (χ1v) is 6.46. The fourth-order valence-corrected chi connectivity index (χ4v) is 2.63. The van der Waals surface area contributed by atoms with Gasteiger partial charge in [-0.2, -0.15) is 0 Å². The van der Waals surface area contributed by atoms with E-state index in [1.165, 1.54) is 6.42 Å². The summed E-state index contributed by atoms with van der Waals surface area (Å²) < 4.78 is 2.09. The number of hydrogen-bond acceptors (Lipinski definition) is 1. The summed E-state index contributed by atoms with van der Waals surface area (Å²) in [7, 11) is 2.01. The maximum absolute atomic E-state index is 12.5. The Morgan fingerprint density at radius 3 is 2.59 bits per heavy atom. The van der Waals surface area contributed by atoms with Gasteiger partial charge >= 0.3 is 0 Å². The maximum atomic E-state index is 12.5. The maximum Gasteiger partial charge on any atom is 0.255 e. The summed E-state index contributed by atoms with van der Waals surface area (Å²) in [6.45, 7) is 7.13. The number of likely N-dealkylation sites (tertiary alicyclic amines) is 1. The van der Waals surface area contributed by atoms with E-state index in [0.29, 0.717) is 6.04 Å². The van der Waals surface area contributed by atoms with Gasteiger partial charge in [-0.25, -0.2) is 0 Å². The summed E-state index contributed by atoms with van der Waals surface area (Å²) in [5.41, 5.74) is 3.10. The van der Waals surface area contributed by atoms with Crippen LogP contribution in [0.15, 0.2) is 6.07 Å². The Kier molecular flexibility index (Phi) is 3.27. The van der Waals surface area contributed by atoms with Crippen molar-refractivity contribution in [2.75, 3.05) is 6.54 Å². The van der Waals surface area contributed by atoms with Crippen LogP contribution in [0.3, 0.4) is 0 Å². The minimum Gasteiger partial charge on any atom is -0.351 e. The van der Waals surface area contributed by atoms with Gasteiger partial charge in [0.2, 0.25) is 0 Å². The Balaban J connectivity index is 2.27. The fraction of sp³-hybridized carbons (Fsp3) is 0.643. The molecule has 2 rings (SSSR count). The van der Waals surface area contributed by atoms with Crippen molar-refractivity contribution < 1.29 is 4.79 Å². The number of piperidine rings is 1. The molecule has 0 aromatic carbocycles. The molecule has 1 aliphatic heterocycles. The van der Waals surface area contributed by atoms with Gasteiger partial charge in [0.1, 0.15) is 0 Å². The first kappa shape index (κ1) is 12.2. The number of rotatable bonds is 1. The van der Waals surface area contributed by atoms with E-state index in [2.05, 4.69) is 11.5 Å². The van der Waals surface area contributed by atoms with Gasteiger partial charge in [-0.15, -0.1) is 0 Å². The van der Waals surface area contributed by atoms with Gasteiger partial charge in [0.15, 0.2) is 0 Å². The van der Waals surface area contributed by atoms with Crippen LogP contribution in [0.2, 0.25) is 0 Å². The lowest BCUT2D eigenvalue weighted by Crippen LogP contribution is -2.42. The lowest BCUT2D eigenvalue weighted by molar-refractivity contribution is 0.0635. The van der Waals surface area contributed by atoms with E-state index >= 15 is 0 Å². The van der Waals surface area contributed by atoms with Crippen LogP contribution < -0.4 is 0 Å². The van der Waals surface area contributed by atoms with Crippen molar-refractivity contribution in [3.8, 4) is 0 Å². The second-order valence-corrected chi connectivity index (χ2v) is 5.19. The van der Waals surface area contributed by atoms with Crippen molar-refractivity contribution in [3.63, 3.8) is 0 Å². The lowest BCUT2D eigenvalue weighted by atomic mass is 10.0. The van der Waals surface area contributed by atoms with Crippen LogP contribution in [0.4, 0.5) is 0 Å². The number of carbonyl (C=O) groups is 1. The van der Waals surface area contributed by atoms with E-state index in [9.17, 15) is 4.79 Å². The van der Waals surface area contributed by atoms with E-state index in [1.807, 2.05) is 31.9 Å². The molecule has 0 spiro atoms. The van der Waals surface area contributed by atoms with Crippen LogP contribution in [0.25, 0.3) is 0 Å². The van der Waals surface area contributed by atoms with E-state index in [0.717, 1.165) is 36.3 Å². The third-order valence-corrected chi connectivity index (χ3v) is 4.07. The summed E-state index contributed by atoms with van der Waals surface area (Å²) in [6.07, 6.45) is 3.52. The fourth-order valence-electron chi connectivity index (χ4n) is 2.63. The molecule has 2 heterocycles. The second kappa shape index (κ2) is 4.55. The van der Waals surface area contributed by atoms with Crippen molar-refractivity contribution in [1.82, 2.24) is 9.47 Å². The van der Waals surface area contributed by atoms with Crippen molar-refractivity contribution in [3.05, 3.63) is 23.0 Å². The summed E-state index contributed by atoms with van der Waals surface area (Å²) in [4.78, 5) is 14.5. The van der Waals surface area contributed by atoms with E-state index < -0.39 is 0 Å². The Bertz CT molecular complexity index is 434. The zero-order valence-corrected chi connectivity index (χ0v) is 11.3. The highest BCUT2D eigenvalue weighted by Gasteiger charge is 2.26. The number of hydrogen-bond donors (Lipinski definition) is 0. The van der Waals surface area contributed by atoms with Crippen molar-refractivity contribution in [1.29, 1.82) is 0 Å². The highest BCUT2D eigenvalue weighted by atomic mass is 16.2. The van der Waals surface area contributed by atoms with Gasteiger partial charge in [-0.05, 0) is 46.1 Å². The minimum absolute atomic E-state index is 0.207. The highest BCUT2D eigenvalue weighted by Crippen LogP contribution is 2.22. The molecule has 0 saturated carbocycles. The molecule has 3 nitrogen and oxygen atoms in total. The Labute approximate surface area is 103 Å². The van der Waals surface area contributed by atoms with Crippen LogP contribution in [0.1, 0.15) is 47.9 Å². The van der Waals surface area contributed by atoms with Gasteiger partial charge < -0.3 is 9.47 Å². The lowest BCUT2D eigenvalue weighted by Gasteiger charge is -2.33. The van der Waals surface area contributed by atoms with Crippen LogP contribution in [-0.2, 0) is 7.05 Å². The summed E-state index contributed by atoms with van der Waals surface area (Å²) in [5.74, 6) is 0.207. The third kappa shape index (κ3) is 2.11.